The molecule has 2 aliphatic rings. The summed E-state index contributed by atoms with van der Waals surface area (Å²) in [6.45, 7) is 5.85. The van der Waals surface area contributed by atoms with E-state index < -0.39 is 0 Å². The van der Waals surface area contributed by atoms with Crippen molar-refractivity contribution in [3.63, 3.8) is 0 Å². The molecule has 2 heterocycles. The molecule has 3 rings (SSSR count). The van der Waals surface area contributed by atoms with E-state index in [9.17, 15) is 0 Å². The highest BCUT2D eigenvalue weighted by Gasteiger charge is 2.27. The van der Waals surface area contributed by atoms with Crippen molar-refractivity contribution in [2.45, 2.75) is 32.4 Å². The zero-order chi connectivity index (χ0) is 13.5. The second-order valence-electron chi connectivity index (χ2n) is 5.57. The summed E-state index contributed by atoms with van der Waals surface area (Å²) in [5.74, 6) is 2.11. The summed E-state index contributed by atoms with van der Waals surface area (Å²) in [7, 11) is 0. The number of nitrogens with one attached hydrogen (secondary N) is 1. The van der Waals surface area contributed by atoms with Crippen molar-refractivity contribution < 1.29 is 4.74 Å². The van der Waals surface area contributed by atoms with Crippen molar-refractivity contribution in [3.05, 3.63) is 27.7 Å². The van der Waals surface area contributed by atoms with Crippen molar-refractivity contribution in [1.82, 2.24) is 5.32 Å². The molecule has 0 radical (unpaired) electrons. The van der Waals surface area contributed by atoms with Crippen LogP contribution >= 0.6 is 27.7 Å². The lowest BCUT2D eigenvalue weighted by atomic mass is 10.1. The fourth-order valence-corrected chi connectivity index (χ4v) is 3.94. The molecule has 0 unspecified atom stereocenters. The monoisotopic (exact) mass is 340 g/mol. The Kier molecular flexibility index (Phi) is 3.52. The molecule has 0 spiro atoms. The van der Waals surface area contributed by atoms with Gasteiger partial charge in [0.25, 0.3) is 0 Å². The molecule has 102 valence electrons. The van der Waals surface area contributed by atoms with Crippen LogP contribution in [0.25, 0.3) is 0 Å². The summed E-state index contributed by atoms with van der Waals surface area (Å²) in [5.41, 5.74) is 2.61. The smallest absolute Gasteiger partial charge is 0.157 e. The van der Waals surface area contributed by atoms with Crippen molar-refractivity contribution in [1.29, 1.82) is 0 Å². The van der Waals surface area contributed by atoms with E-state index in [4.69, 9.17) is 4.74 Å². The fraction of sp³-hybridized carbons (Fsp3) is 0.500. The molecular weight excluding hydrogens is 324 g/mol. The number of hydrogen-bond donors (Lipinski definition) is 1. The molecule has 0 atom stereocenters. The minimum atomic E-state index is 0.152. The number of fused-ring (bicyclic) bond motifs is 1. The third kappa shape index (κ3) is 2.92. The van der Waals surface area contributed by atoms with Crippen LogP contribution in [0.5, 0.6) is 5.75 Å². The van der Waals surface area contributed by atoms with E-state index in [0.717, 1.165) is 34.2 Å². The maximum Gasteiger partial charge on any atom is 0.157 e. The van der Waals surface area contributed by atoms with Crippen LogP contribution in [0.1, 0.15) is 25.0 Å². The lowest BCUT2D eigenvalue weighted by Gasteiger charge is -2.15. The van der Waals surface area contributed by atoms with Crippen LogP contribution in [0.3, 0.4) is 0 Å². The fourth-order valence-electron chi connectivity index (χ4n) is 2.32. The third-order valence-electron chi connectivity index (χ3n) is 3.23. The molecule has 1 saturated heterocycles. The van der Waals surface area contributed by atoms with Gasteiger partial charge in [0, 0.05) is 27.7 Å². The SMILES string of the molecule is CC1(C)CSC(=NCc2cc(Br)cc3c2OCC3)N1. The number of nitrogens with zero attached hydrogens (tertiary/aromatic N) is 1. The number of amidine groups is 1. The van der Waals surface area contributed by atoms with E-state index in [0.29, 0.717) is 6.54 Å². The van der Waals surface area contributed by atoms with Crippen LogP contribution in [0.2, 0.25) is 0 Å². The molecule has 3 nitrogen and oxygen atoms in total. The molecule has 1 N–H and O–H groups in total. The van der Waals surface area contributed by atoms with E-state index in [1.54, 1.807) is 11.8 Å². The third-order valence-corrected chi connectivity index (χ3v) is 5.06. The Morgan fingerprint density at radius 1 is 1.47 bits per heavy atom. The summed E-state index contributed by atoms with van der Waals surface area (Å²) >= 11 is 5.35. The minimum absolute atomic E-state index is 0.152. The van der Waals surface area contributed by atoms with E-state index in [1.807, 2.05) is 0 Å². The van der Waals surface area contributed by atoms with Crippen LogP contribution in [0.15, 0.2) is 21.6 Å². The van der Waals surface area contributed by atoms with Gasteiger partial charge < -0.3 is 10.1 Å². The minimum Gasteiger partial charge on any atom is -0.493 e. The van der Waals surface area contributed by atoms with Crippen LogP contribution < -0.4 is 10.1 Å². The molecule has 0 saturated carbocycles. The number of hydrogen-bond acceptors (Lipinski definition) is 3. The summed E-state index contributed by atoms with van der Waals surface area (Å²) in [5, 5.41) is 4.48. The van der Waals surface area contributed by atoms with Gasteiger partial charge in [-0.1, -0.05) is 27.7 Å². The Morgan fingerprint density at radius 2 is 2.32 bits per heavy atom. The highest BCUT2D eigenvalue weighted by Crippen LogP contribution is 2.33. The van der Waals surface area contributed by atoms with Crippen LogP contribution in [-0.2, 0) is 13.0 Å². The predicted octanol–water partition coefficient (Wildman–Crippen LogP) is 3.36. The zero-order valence-corrected chi connectivity index (χ0v) is 13.5. The lowest BCUT2D eigenvalue weighted by Crippen LogP contribution is -2.36. The number of rotatable bonds is 2. The molecule has 1 fully saturated rings. The lowest BCUT2D eigenvalue weighted by molar-refractivity contribution is 0.353. The highest BCUT2D eigenvalue weighted by molar-refractivity contribution is 9.10. The van der Waals surface area contributed by atoms with E-state index in [1.165, 1.54) is 11.1 Å². The molecule has 0 bridgehead atoms. The predicted molar refractivity (Wildman–Crippen MR) is 84.2 cm³/mol. The highest BCUT2D eigenvalue weighted by atomic mass is 79.9. The second kappa shape index (κ2) is 5.02. The Labute approximate surface area is 126 Å². The number of ether oxygens (including phenoxy) is 1. The first kappa shape index (κ1) is 13.3. The number of benzene rings is 1. The number of aliphatic imine (C=N–C) groups is 1. The molecule has 5 heteroatoms. The first-order chi connectivity index (χ1) is 9.03. The summed E-state index contributed by atoms with van der Waals surface area (Å²) in [6.07, 6.45) is 0.998. The quantitative estimate of drug-likeness (QED) is 0.896. The Balaban J connectivity index is 1.80. The normalized spacial score (nSPS) is 22.2. The van der Waals surface area contributed by atoms with Crippen LogP contribution in [0, 0.1) is 0 Å². The summed E-state index contributed by atoms with van der Waals surface area (Å²) in [6, 6.07) is 4.25. The zero-order valence-electron chi connectivity index (χ0n) is 11.1. The first-order valence-corrected chi connectivity index (χ1v) is 8.21. The number of halogens is 1. The van der Waals surface area contributed by atoms with Gasteiger partial charge in [-0.05, 0) is 31.5 Å². The van der Waals surface area contributed by atoms with Crippen molar-refractivity contribution in [2.24, 2.45) is 4.99 Å². The second-order valence-corrected chi connectivity index (χ2v) is 7.45. The molecule has 0 aliphatic carbocycles. The van der Waals surface area contributed by atoms with Gasteiger partial charge in [-0.25, -0.2) is 0 Å². The Bertz CT molecular complexity index is 542. The van der Waals surface area contributed by atoms with Gasteiger partial charge in [0.2, 0.25) is 0 Å². The standard InChI is InChI=1S/C14H17BrN2OS/c1-14(2)8-19-13(17-14)16-7-10-6-11(15)5-9-3-4-18-12(9)10/h5-6H,3-4,7-8H2,1-2H3,(H,16,17). The van der Waals surface area contributed by atoms with Gasteiger partial charge >= 0.3 is 0 Å². The van der Waals surface area contributed by atoms with Gasteiger partial charge in [-0.3, -0.25) is 4.99 Å². The molecule has 0 aromatic heterocycles. The maximum atomic E-state index is 5.72. The Morgan fingerprint density at radius 3 is 3.05 bits per heavy atom. The van der Waals surface area contributed by atoms with E-state index in [-0.39, 0.29) is 5.54 Å². The molecule has 2 aliphatic heterocycles. The van der Waals surface area contributed by atoms with Gasteiger partial charge in [-0.15, -0.1) is 0 Å². The van der Waals surface area contributed by atoms with E-state index >= 15 is 0 Å². The van der Waals surface area contributed by atoms with Crippen LogP contribution in [-0.4, -0.2) is 23.1 Å². The van der Waals surface area contributed by atoms with Crippen LogP contribution in [0.4, 0.5) is 0 Å². The Hall–Kier alpha value is -0.680. The van der Waals surface area contributed by atoms with Crippen molar-refractivity contribution >= 4 is 32.9 Å². The number of thioether (sulfide) groups is 1. The first-order valence-electron chi connectivity index (χ1n) is 6.43. The largest absolute Gasteiger partial charge is 0.493 e. The maximum absolute atomic E-state index is 5.72. The average molecular weight is 341 g/mol. The summed E-state index contributed by atoms with van der Waals surface area (Å²) < 4.78 is 6.83. The molecule has 19 heavy (non-hydrogen) atoms. The molecule has 0 amide bonds. The van der Waals surface area contributed by atoms with E-state index in [2.05, 4.69) is 52.2 Å². The molecular formula is C14H17BrN2OS. The average Bonchev–Trinajstić information content (AvgIpc) is 2.92. The molecule has 1 aromatic rings. The molecule has 1 aromatic carbocycles. The summed E-state index contributed by atoms with van der Waals surface area (Å²) in [4.78, 5) is 4.68. The van der Waals surface area contributed by atoms with Gasteiger partial charge in [0.05, 0.1) is 13.2 Å². The van der Waals surface area contributed by atoms with Gasteiger partial charge in [0.15, 0.2) is 5.17 Å². The van der Waals surface area contributed by atoms with Gasteiger partial charge in [-0.2, -0.15) is 0 Å². The van der Waals surface area contributed by atoms with Gasteiger partial charge in [0.1, 0.15) is 5.75 Å². The van der Waals surface area contributed by atoms with Crippen molar-refractivity contribution in [3.8, 4) is 5.75 Å². The van der Waals surface area contributed by atoms with Crippen molar-refractivity contribution in [2.75, 3.05) is 12.4 Å². The topological polar surface area (TPSA) is 33.6 Å².